The first-order chi connectivity index (χ1) is 5.93. The summed E-state index contributed by atoms with van der Waals surface area (Å²) in [6, 6.07) is 0.274. The van der Waals surface area contributed by atoms with E-state index in [1.54, 1.807) is 6.92 Å². The van der Waals surface area contributed by atoms with Gasteiger partial charge in [-0.1, -0.05) is 13.8 Å². The molecule has 3 heteroatoms. The average Bonchev–Trinajstić information content (AvgIpc) is 1.98. The van der Waals surface area contributed by atoms with Crippen LogP contribution in [0.1, 0.15) is 27.2 Å². The van der Waals surface area contributed by atoms with Crippen molar-refractivity contribution in [3.8, 4) is 0 Å². The van der Waals surface area contributed by atoms with Crippen molar-refractivity contribution < 1.29 is 5.11 Å². The van der Waals surface area contributed by atoms with Crippen LogP contribution in [0, 0.1) is 5.92 Å². The van der Waals surface area contributed by atoms with Crippen molar-refractivity contribution in [2.24, 2.45) is 11.7 Å². The number of nitrogens with two attached hydrogens (primary N) is 1. The first kappa shape index (κ1) is 12.9. The molecule has 0 fully saturated rings. The second-order valence-electron chi connectivity index (χ2n) is 4.31. The van der Waals surface area contributed by atoms with Gasteiger partial charge >= 0.3 is 0 Å². The summed E-state index contributed by atoms with van der Waals surface area (Å²) in [5.41, 5.74) is 5.91. The Morgan fingerprint density at radius 1 is 1.31 bits per heavy atom. The van der Waals surface area contributed by atoms with Crippen LogP contribution in [-0.4, -0.2) is 42.3 Å². The highest BCUT2D eigenvalue weighted by molar-refractivity contribution is 4.67. The monoisotopic (exact) mass is 188 g/mol. The smallest absolute Gasteiger partial charge is 0.0638 e. The molecule has 0 heterocycles. The fraction of sp³-hybridized carbons (Fsp3) is 1.00. The number of aliphatic hydroxyl groups excluding tert-OH is 1. The zero-order valence-corrected chi connectivity index (χ0v) is 9.33. The molecule has 0 radical (unpaired) electrons. The van der Waals surface area contributed by atoms with Gasteiger partial charge in [0.15, 0.2) is 0 Å². The van der Waals surface area contributed by atoms with Gasteiger partial charge in [0.05, 0.1) is 6.10 Å². The first-order valence-electron chi connectivity index (χ1n) is 5.05. The van der Waals surface area contributed by atoms with Gasteiger partial charge in [-0.3, -0.25) is 0 Å². The average molecular weight is 188 g/mol. The van der Waals surface area contributed by atoms with Gasteiger partial charge < -0.3 is 15.7 Å². The third-order valence-corrected chi connectivity index (χ3v) is 2.28. The zero-order chi connectivity index (χ0) is 10.4. The second kappa shape index (κ2) is 6.35. The summed E-state index contributed by atoms with van der Waals surface area (Å²) in [6.45, 7) is 7.77. The van der Waals surface area contributed by atoms with Crippen molar-refractivity contribution in [2.75, 3.05) is 20.1 Å². The summed E-state index contributed by atoms with van der Waals surface area (Å²) in [6.07, 6.45) is 0.751. The number of likely N-dealkylation sites (N-methyl/N-ethyl adjacent to an activating group) is 1. The highest BCUT2D eigenvalue weighted by atomic mass is 16.3. The molecule has 0 spiro atoms. The molecule has 3 nitrogen and oxygen atoms in total. The topological polar surface area (TPSA) is 49.5 Å². The van der Waals surface area contributed by atoms with E-state index in [9.17, 15) is 0 Å². The van der Waals surface area contributed by atoms with E-state index in [0.717, 1.165) is 19.5 Å². The van der Waals surface area contributed by atoms with Crippen molar-refractivity contribution in [3.05, 3.63) is 0 Å². The minimum atomic E-state index is -0.250. The van der Waals surface area contributed by atoms with Crippen LogP contribution < -0.4 is 5.73 Å². The lowest BCUT2D eigenvalue weighted by Crippen LogP contribution is -2.34. The predicted molar refractivity (Wildman–Crippen MR) is 56.6 cm³/mol. The number of hydrogen-bond donors (Lipinski definition) is 2. The van der Waals surface area contributed by atoms with Gasteiger partial charge in [0.2, 0.25) is 0 Å². The molecule has 0 aliphatic heterocycles. The Bertz CT molecular complexity index is 126. The molecule has 0 saturated heterocycles. The zero-order valence-electron chi connectivity index (χ0n) is 9.33. The molecule has 13 heavy (non-hydrogen) atoms. The van der Waals surface area contributed by atoms with Crippen molar-refractivity contribution in [1.29, 1.82) is 0 Å². The van der Waals surface area contributed by atoms with E-state index in [1.165, 1.54) is 0 Å². The molecule has 0 aromatic rings. The predicted octanol–water partition coefficient (Wildman–Crippen LogP) is 0.672. The van der Waals surface area contributed by atoms with E-state index in [-0.39, 0.29) is 12.1 Å². The second-order valence-corrected chi connectivity index (χ2v) is 4.31. The summed E-state index contributed by atoms with van der Waals surface area (Å²) in [5, 5.41) is 9.12. The Kier molecular flexibility index (Phi) is 6.29. The van der Waals surface area contributed by atoms with E-state index in [4.69, 9.17) is 10.8 Å². The van der Waals surface area contributed by atoms with Gasteiger partial charge in [0.25, 0.3) is 0 Å². The van der Waals surface area contributed by atoms with Gasteiger partial charge in [0, 0.05) is 12.6 Å². The molecule has 0 aliphatic rings. The molecule has 0 aromatic heterocycles. The molecular formula is C10H24N2O. The Balaban J connectivity index is 3.51. The third kappa shape index (κ3) is 6.99. The quantitative estimate of drug-likeness (QED) is 0.644. The maximum absolute atomic E-state index is 9.12. The van der Waals surface area contributed by atoms with E-state index in [0.29, 0.717) is 5.92 Å². The number of nitrogens with zero attached hydrogens (tertiary/aromatic N) is 1. The van der Waals surface area contributed by atoms with Gasteiger partial charge in [0.1, 0.15) is 0 Å². The standard InChI is InChI=1S/C10H24N2O/c1-8(2)10(11)5-6-12(4)7-9(3)13/h8-10,13H,5-7,11H2,1-4H3. The molecule has 80 valence electrons. The number of aliphatic hydroxyl groups is 1. The first-order valence-corrected chi connectivity index (χ1v) is 5.05. The van der Waals surface area contributed by atoms with Crippen molar-refractivity contribution >= 4 is 0 Å². The lowest BCUT2D eigenvalue weighted by Gasteiger charge is -2.22. The van der Waals surface area contributed by atoms with Gasteiger partial charge in [-0.05, 0) is 32.9 Å². The minimum Gasteiger partial charge on any atom is -0.392 e. The van der Waals surface area contributed by atoms with Gasteiger partial charge in [-0.25, -0.2) is 0 Å². The van der Waals surface area contributed by atoms with Crippen LogP contribution in [0.4, 0.5) is 0 Å². The normalized spacial score (nSPS) is 16.6. The number of rotatable bonds is 6. The molecule has 0 saturated carbocycles. The fourth-order valence-electron chi connectivity index (χ4n) is 1.25. The summed E-state index contributed by atoms with van der Waals surface area (Å²) in [5.74, 6) is 0.542. The lowest BCUT2D eigenvalue weighted by atomic mass is 10.0. The summed E-state index contributed by atoms with van der Waals surface area (Å²) in [4.78, 5) is 2.12. The highest BCUT2D eigenvalue weighted by Crippen LogP contribution is 2.03. The molecule has 0 aromatic carbocycles. The Morgan fingerprint density at radius 3 is 2.23 bits per heavy atom. The van der Waals surface area contributed by atoms with Gasteiger partial charge in [-0.2, -0.15) is 0 Å². The van der Waals surface area contributed by atoms with E-state index in [2.05, 4.69) is 18.7 Å². The van der Waals surface area contributed by atoms with E-state index in [1.807, 2.05) is 7.05 Å². The van der Waals surface area contributed by atoms with Crippen LogP contribution in [0.2, 0.25) is 0 Å². The van der Waals surface area contributed by atoms with Crippen LogP contribution in [0.25, 0.3) is 0 Å². The maximum atomic E-state index is 9.12. The Hall–Kier alpha value is -0.120. The molecular weight excluding hydrogens is 164 g/mol. The third-order valence-electron chi connectivity index (χ3n) is 2.28. The summed E-state index contributed by atoms with van der Waals surface area (Å²) >= 11 is 0. The Morgan fingerprint density at radius 2 is 1.85 bits per heavy atom. The van der Waals surface area contributed by atoms with Crippen LogP contribution in [0.15, 0.2) is 0 Å². The molecule has 0 bridgehead atoms. The molecule has 0 amide bonds. The van der Waals surface area contributed by atoms with Gasteiger partial charge in [-0.15, -0.1) is 0 Å². The minimum absolute atomic E-state index is 0.250. The molecule has 3 N–H and O–H groups in total. The molecule has 2 unspecified atom stereocenters. The lowest BCUT2D eigenvalue weighted by molar-refractivity contribution is 0.138. The maximum Gasteiger partial charge on any atom is 0.0638 e. The van der Waals surface area contributed by atoms with Crippen LogP contribution in [0.5, 0.6) is 0 Å². The number of hydrogen-bond acceptors (Lipinski definition) is 3. The van der Waals surface area contributed by atoms with Crippen molar-refractivity contribution in [3.63, 3.8) is 0 Å². The van der Waals surface area contributed by atoms with E-state index < -0.39 is 0 Å². The van der Waals surface area contributed by atoms with Crippen LogP contribution >= 0.6 is 0 Å². The summed E-state index contributed by atoms with van der Waals surface area (Å²) in [7, 11) is 2.01. The fourth-order valence-corrected chi connectivity index (χ4v) is 1.25. The largest absolute Gasteiger partial charge is 0.392 e. The molecule has 2 atom stereocenters. The van der Waals surface area contributed by atoms with Crippen molar-refractivity contribution in [1.82, 2.24) is 4.90 Å². The van der Waals surface area contributed by atoms with Crippen molar-refractivity contribution in [2.45, 2.75) is 39.3 Å². The summed E-state index contributed by atoms with van der Waals surface area (Å²) < 4.78 is 0. The van der Waals surface area contributed by atoms with E-state index >= 15 is 0 Å². The molecule has 0 rings (SSSR count). The Labute approximate surface area is 81.9 Å². The molecule has 0 aliphatic carbocycles. The van der Waals surface area contributed by atoms with Crippen LogP contribution in [-0.2, 0) is 0 Å². The highest BCUT2D eigenvalue weighted by Gasteiger charge is 2.09. The van der Waals surface area contributed by atoms with Crippen LogP contribution in [0.3, 0.4) is 0 Å². The SMILES string of the molecule is CC(O)CN(C)CCC(N)C(C)C.